The van der Waals surface area contributed by atoms with Crippen molar-refractivity contribution in [2.24, 2.45) is 5.41 Å². The van der Waals surface area contributed by atoms with E-state index in [0.29, 0.717) is 28.2 Å². The van der Waals surface area contributed by atoms with Crippen LogP contribution in [0.15, 0.2) is 218 Å². The first-order valence-electron chi connectivity index (χ1n) is 28.8. The number of rotatable bonds is 9. The standard InChI is InChI=1S/C66H49N5O.Pt/c1-44(66(2,3)4)47-37-38-67-64(39-47)71-60-36-33-49(70-58-29-13-11-25-54(58)55-26-12-14-30-59(55)70)41-57(60)56-35-34-51(42-63(56)71)72-50-24-17-23-48(40-50)68-43-69(62-32-16-15-31-61(62)68)65-52(45-19-7-5-8-20-45)27-18-28-53(65)46-21-9-6-10-22-46;/h5-39,41,44H,1-4H3;/q-2;/i5D,6D,7D,8D,9D,10D,19D,20D,21D,22D;. The zero-order valence-corrected chi connectivity index (χ0v) is 42.3. The minimum absolute atomic E-state index is 0. The number of hydrogen-bond donors (Lipinski definition) is 0. The van der Waals surface area contributed by atoms with E-state index < -0.39 is 60.4 Å². The quantitative estimate of drug-likeness (QED) is 0.107. The summed E-state index contributed by atoms with van der Waals surface area (Å²) in [6, 6.07) is 51.0. The van der Waals surface area contributed by atoms with Crippen molar-refractivity contribution in [2.45, 2.75) is 33.6 Å². The van der Waals surface area contributed by atoms with E-state index in [1.165, 1.54) is 10.8 Å². The van der Waals surface area contributed by atoms with Gasteiger partial charge in [0.1, 0.15) is 5.82 Å². The monoisotopic (exact) mass is 1130 g/mol. The molecule has 0 amide bonds. The zero-order valence-electron chi connectivity index (χ0n) is 50.0. The maximum Gasteiger partial charge on any atom is 0.268 e. The van der Waals surface area contributed by atoms with Gasteiger partial charge in [-0.05, 0) is 92.7 Å². The second-order valence-electron chi connectivity index (χ2n) is 19.0. The third kappa shape index (κ3) is 7.94. The molecule has 1 unspecified atom stereocenters. The minimum atomic E-state index is -0.575. The van der Waals surface area contributed by atoms with Crippen LogP contribution in [-0.2, 0) is 21.1 Å². The summed E-state index contributed by atoms with van der Waals surface area (Å²) in [7, 11) is 0. The average Bonchev–Trinajstić information content (AvgIpc) is 3.70. The average molecular weight is 1130 g/mol. The molecule has 6 nitrogen and oxygen atoms in total. The molecular weight excluding hydrogens is 1070 g/mol. The molecule has 9 aromatic carbocycles. The Labute approximate surface area is 453 Å². The van der Waals surface area contributed by atoms with E-state index in [2.05, 4.69) is 140 Å². The second kappa shape index (κ2) is 18.4. The number of para-hydroxylation sites is 5. The van der Waals surface area contributed by atoms with Crippen LogP contribution in [0.25, 0.3) is 99.8 Å². The van der Waals surface area contributed by atoms with Gasteiger partial charge in [0.25, 0.3) is 6.33 Å². The van der Waals surface area contributed by atoms with E-state index in [1.54, 1.807) is 33.4 Å². The van der Waals surface area contributed by atoms with Gasteiger partial charge in [-0.25, -0.2) is 4.98 Å². The Balaban J connectivity index is 0.00000680. The SMILES string of the molecule is [2H]c1c([2H])c([2H])c(-c2cccc(-c3c([2H])c([2H])c([2H])c([2H])c3[2H])c2-[n+]2[c-]n(-c3[c-]c(Oc4[c-]c5c(cc4)c4cc(-n6c7ccccc7c7ccccc76)ccc4n5-c4cc(C(C)C(C)(C)C)ccn4)ccc3)c3ccccc32)c([2H])c1[2H].[Pt]. The molecule has 0 saturated carbocycles. The van der Waals surface area contributed by atoms with Gasteiger partial charge < -0.3 is 18.4 Å². The van der Waals surface area contributed by atoms with Crippen LogP contribution in [-0.4, -0.2) is 18.7 Å². The van der Waals surface area contributed by atoms with Crippen molar-refractivity contribution in [3.05, 3.63) is 242 Å². The summed E-state index contributed by atoms with van der Waals surface area (Å²) in [5.74, 6) is 1.73. The van der Waals surface area contributed by atoms with Crippen molar-refractivity contribution in [1.29, 1.82) is 0 Å². The summed E-state index contributed by atoms with van der Waals surface area (Å²) >= 11 is 0. The molecule has 0 saturated heterocycles. The molecular formula is C66H49N5OPt-2. The van der Waals surface area contributed by atoms with Crippen LogP contribution in [0.5, 0.6) is 11.5 Å². The van der Waals surface area contributed by atoms with E-state index in [-0.39, 0.29) is 60.3 Å². The first-order valence-corrected chi connectivity index (χ1v) is 23.8. The number of ether oxygens (including phenoxy) is 1. The van der Waals surface area contributed by atoms with Gasteiger partial charge in [-0.2, -0.15) is 18.2 Å². The van der Waals surface area contributed by atoms with Crippen LogP contribution in [0.2, 0.25) is 0 Å². The van der Waals surface area contributed by atoms with Gasteiger partial charge in [-0.15, -0.1) is 29.7 Å². The molecule has 0 bridgehead atoms. The summed E-state index contributed by atoms with van der Waals surface area (Å²) in [6.07, 6.45) is 5.30. The van der Waals surface area contributed by atoms with Crippen LogP contribution in [0, 0.1) is 23.9 Å². The van der Waals surface area contributed by atoms with E-state index in [0.717, 1.165) is 49.9 Å². The Bertz CT molecular complexity index is 4630. The van der Waals surface area contributed by atoms with Crippen molar-refractivity contribution >= 4 is 54.6 Å². The number of fused-ring (bicyclic) bond motifs is 7. The fraction of sp³-hybridized carbons (Fsp3) is 0.0909. The Morgan fingerprint density at radius 3 is 1.88 bits per heavy atom. The van der Waals surface area contributed by atoms with Gasteiger partial charge >= 0.3 is 0 Å². The molecule has 4 heterocycles. The van der Waals surface area contributed by atoms with Crippen LogP contribution < -0.4 is 9.30 Å². The molecule has 73 heavy (non-hydrogen) atoms. The van der Waals surface area contributed by atoms with Crippen molar-refractivity contribution in [3.63, 3.8) is 0 Å². The summed E-state index contributed by atoms with van der Waals surface area (Å²) < 4.78 is 102. The topological polar surface area (TPSA) is 40.8 Å². The van der Waals surface area contributed by atoms with Gasteiger partial charge in [-0.3, -0.25) is 4.57 Å². The van der Waals surface area contributed by atoms with Gasteiger partial charge in [-0.1, -0.05) is 172 Å². The Morgan fingerprint density at radius 2 is 1.19 bits per heavy atom. The van der Waals surface area contributed by atoms with Gasteiger partial charge in [0.2, 0.25) is 0 Å². The Hall–Kier alpha value is -8.31. The van der Waals surface area contributed by atoms with Crippen molar-refractivity contribution < 1.29 is 44.1 Å². The molecule has 0 spiro atoms. The molecule has 0 aliphatic rings. The maximum atomic E-state index is 9.08. The van der Waals surface area contributed by atoms with E-state index in [4.69, 9.17) is 23.4 Å². The molecule has 1 atom stereocenters. The van der Waals surface area contributed by atoms with Crippen molar-refractivity contribution in [1.82, 2.24) is 18.7 Å². The molecule has 0 aliphatic carbocycles. The van der Waals surface area contributed by atoms with E-state index in [1.807, 2.05) is 48.7 Å². The number of hydrogen-bond acceptors (Lipinski definition) is 2. The molecule has 0 radical (unpaired) electrons. The zero-order chi connectivity index (χ0) is 57.2. The normalized spacial score (nSPS) is 14.1. The van der Waals surface area contributed by atoms with E-state index >= 15 is 0 Å². The molecule has 13 rings (SSSR count). The third-order valence-electron chi connectivity index (χ3n) is 13.8. The summed E-state index contributed by atoms with van der Waals surface area (Å²) in [6.45, 7) is 8.96. The molecule has 0 N–H and O–H groups in total. The van der Waals surface area contributed by atoms with Crippen molar-refractivity contribution in [3.8, 4) is 56.6 Å². The summed E-state index contributed by atoms with van der Waals surface area (Å²) in [4.78, 5) is 4.99. The van der Waals surface area contributed by atoms with Crippen LogP contribution in [0.4, 0.5) is 0 Å². The van der Waals surface area contributed by atoms with Crippen LogP contribution in [0.3, 0.4) is 0 Å². The number of nitrogens with zero attached hydrogens (tertiary/aromatic N) is 5. The molecule has 0 aliphatic heterocycles. The third-order valence-corrected chi connectivity index (χ3v) is 13.8. The summed E-state index contributed by atoms with van der Waals surface area (Å²) in [5, 5.41) is 4.30. The fourth-order valence-electron chi connectivity index (χ4n) is 9.98. The molecule has 356 valence electrons. The molecule has 7 heteroatoms. The number of imidazole rings is 1. The number of aromatic nitrogens is 5. The van der Waals surface area contributed by atoms with E-state index in [9.17, 15) is 0 Å². The predicted octanol–water partition coefficient (Wildman–Crippen LogP) is 16.2. The summed E-state index contributed by atoms with van der Waals surface area (Å²) in [5.41, 5.74) is 7.85. The second-order valence-corrected chi connectivity index (χ2v) is 19.0. The fourth-order valence-corrected chi connectivity index (χ4v) is 9.98. The van der Waals surface area contributed by atoms with Crippen molar-refractivity contribution in [2.75, 3.05) is 0 Å². The van der Waals surface area contributed by atoms with Gasteiger partial charge in [0.05, 0.1) is 41.5 Å². The molecule has 13 aromatic rings. The largest absolute Gasteiger partial charge is 0.510 e. The number of benzene rings is 9. The Morgan fingerprint density at radius 1 is 0.575 bits per heavy atom. The maximum absolute atomic E-state index is 9.08. The minimum Gasteiger partial charge on any atom is -0.510 e. The predicted molar refractivity (Wildman–Crippen MR) is 293 cm³/mol. The number of pyridine rings is 1. The molecule has 0 fully saturated rings. The molecule has 4 aromatic heterocycles. The Kier molecular flexibility index (Phi) is 9.00. The van der Waals surface area contributed by atoms with Crippen LogP contribution >= 0.6 is 0 Å². The van der Waals surface area contributed by atoms with Gasteiger partial charge in [0.15, 0.2) is 0 Å². The smallest absolute Gasteiger partial charge is 0.268 e. The first kappa shape index (κ1) is 35.7. The van der Waals surface area contributed by atoms with Crippen LogP contribution in [0.1, 0.15) is 52.9 Å². The first-order chi connectivity index (χ1) is 39.4. The van der Waals surface area contributed by atoms with Gasteiger partial charge in [0, 0.05) is 60.7 Å².